The van der Waals surface area contributed by atoms with Crippen LogP contribution in [0.4, 0.5) is 5.69 Å². The number of non-ortho nitro benzene ring substituents is 1. The summed E-state index contributed by atoms with van der Waals surface area (Å²) in [6.07, 6.45) is 1.69. The molecule has 0 bridgehead atoms. The Balaban J connectivity index is 1.92. The highest BCUT2D eigenvalue weighted by atomic mass is 16.6. The van der Waals surface area contributed by atoms with Crippen LogP contribution < -0.4 is 0 Å². The Kier molecular flexibility index (Phi) is 2.96. The second-order valence-corrected chi connectivity index (χ2v) is 5.87. The summed E-state index contributed by atoms with van der Waals surface area (Å²) in [6.45, 7) is 0. The molecule has 7 nitrogen and oxygen atoms in total. The van der Waals surface area contributed by atoms with Gasteiger partial charge in [0.15, 0.2) is 11.3 Å². The number of para-hydroxylation sites is 2. The minimum Gasteiger partial charge on any atom is -0.276 e. The molecule has 5 rings (SSSR count). The number of hydrogen-bond donors (Lipinski definition) is 0. The van der Waals surface area contributed by atoms with Crippen LogP contribution in [-0.4, -0.2) is 24.3 Å². The molecule has 0 aliphatic heterocycles. The molecule has 7 heteroatoms. The number of imidazole rings is 1. The van der Waals surface area contributed by atoms with Gasteiger partial charge in [0.2, 0.25) is 0 Å². The number of pyridine rings is 1. The second-order valence-electron chi connectivity index (χ2n) is 5.87. The van der Waals surface area contributed by atoms with E-state index in [0.29, 0.717) is 11.5 Å². The number of fused-ring (bicyclic) bond motifs is 5. The molecule has 0 spiro atoms. The maximum Gasteiger partial charge on any atom is 0.269 e. The van der Waals surface area contributed by atoms with Crippen LogP contribution in [0, 0.1) is 10.1 Å². The minimum absolute atomic E-state index is 0.0411. The molecule has 0 aliphatic carbocycles. The predicted molar refractivity (Wildman–Crippen MR) is 97.9 cm³/mol. The molecule has 0 saturated heterocycles. The van der Waals surface area contributed by atoms with Crippen molar-refractivity contribution in [2.75, 3.05) is 0 Å². The fourth-order valence-corrected chi connectivity index (χ4v) is 3.16. The first-order chi connectivity index (χ1) is 12.7. The summed E-state index contributed by atoms with van der Waals surface area (Å²) in [5, 5.41) is 11.8. The number of nitro benzene ring substituents is 1. The monoisotopic (exact) mass is 341 g/mol. The minimum atomic E-state index is -0.415. The van der Waals surface area contributed by atoms with Gasteiger partial charge in [-0.25, -0.2) is 15.0 Å². The van der Waals surface area contributed by atoms with Crippen molar-refractivity contribution in [1.82, 2.24) is 19.4 Å². The first kappa shape index (κ1) is 14.5. The molecule has 3 heterocycles. The lowest BCUT2D eigenvalue weighted by molar-refractivity contribution is -0.384. The Morgan fingerprint density at radius 2 is 1.73 bits per heavy atom. The van der Waals surface area contributed by atoms with Gasteiger partial charge in [-0.05, 0) is 36.4 Å². The number of nitro groups is 1. The third-order valence-corrected chi connectivity index (χ3v) is 4.35. The smallest absolute Gasteiger partial charge is 0.269 e. The summed E-state index contributed by atoms with van der Waals surface area (Å²) in [7, 11) is 0. The number of aromatic nitrogens is 4. The largest absolute Gasteiger partial charge is 0.276 e. The number of nitrogens with zero attached hydrogens (tertiary/aromatic N) is 5. The Morgan fingerprint density at radius 3 is 2.54 bits per heavy atom. The zero-order valence-electron chi connectivity index (χ0n) is 13.4. The van der Waals surface area contributed by atoms with Gasteiger partial charge in [0.05, 0.1) is 21.3 Å². The number of benzene rings is 2. The standard InChI is InChI=1S/C19H11N5O2/c25-24(26)13-9-7-12(8-10-13)18-22-17-14(4-3-11-20-17)19-21-15-5-1-2-6-16(15)23(18)19/h1-11H. The van der Waals surface area contributed by atoms with E-state index < -0.39 is 4.92 Å². The lowest BCUT2D eigenvalue weighted by Gasteiger charge is -2.08. The molecule has 0 N–H and O–H groups in total. The molecule has 0 amide bonds. The Morgan fingerprint density at radius 1 is 0.923 bits per heavy atom. The second kappa shape index (κ2) is 5.32. The zero-order chi connectivity index (χ0) is 17.7. The van der Waals surface area contributed by atoms with E-state index in [1.807, 2.05) is 40.8 Å². The fraction of sp³-hybridized carbons (Fsp3) is 0. The van der Waals surface area contributed by atoms with E-state index >= 15 is 0 Å². The third-order valence-electron chi connectivity index (χ3n) is 4.35. The van der Waals surface area contributed by atoms with Gasteiger partial charge in [0.25, 0.3) is 5.69 Å². The highest BCUT2D eigenvalue weighted by molar-refractivity contribution is 5.96. The van der Waals surface area contributed by atoms with Crippen molar-refractivity contribution >= 4 is 33.4 Å². The maximum absolute atomic E-state index is 10.9. The fourth-order valence-electron chi connectivity index (χ4n) is 3.16. The van der Waals surface area contributed by atoms with Gasteiger partial charge in [0.1, 0.15) is 5.82 Å². The van der Waals surface area contributed by atoms with Crippen molar-refractivity contribution in [1.29, 1.82) is 0 Å². The molecule has 0 saturated carbocycles. The van der Waals surface area contributed by atoms with Crippen LogP contribution in [0.3, 0.4) is 0 Å². The van der Waals surface area contributed by atoms with Crippen LogP contribution in [-0.2, 0) is 0 Å². The van der Waals surface area contributed by atoms with E-state index in [4.69, 9.17) is 9.97 Å². The lowest BCUT2D eigenvalue weighted by Crippen LogP contribution is -1.99. The highest BCUT2D eigenvalue weighted by Crippen LogP contribution is 2.29. The van der Waals surface area contributed by atoms with E-state index in [2.05, 4.69) is 4.98 Å². The number of hydrogen-bond acceptors (Lipinski definition) is 5. The third kappa shape index (κ3) is 2.04. The SMILES string of the molecule is O=[N+]([O-])c1ccc(-c2nc3ncccc3c3nc4ccccc4n23)cc1. The molecule has 0 atom stereocenters. The Bertz CT molecular complexity index is 1310. The van der Waals surface area contributed by atoms with Gasteiger partial charge in [0, 0.05) is 23.9 Å². The van der Waals surface area contributed by atoms with Gasteiger partial charge >= 0.3 is 0 Å². The van der Waals surface area contributed by atoms with Crippen molar-refractivity contribution in [2.45, 2.75) is 0 Å². The van der Waals surface area contributed by atoms with Crippen molar-refractivity contribution in [3.8, 4) is 11.4 Å². The summed E-state index contributed by atoms with van der Waals surface area (Å²) in [5.41, 5.74) is 3.93. The van der Waals surface area contributed by atoms with Crippen LogP contribution in [0.5, 0.6) is 0 Å². The first-order valence-corrected chi connectivity index (χ1v) is 7.99. The molecule has 5 aromatic rings. The summed E-state index contributed by atoms with van der Waals surface area (Å²) in [5.74, 6) is 0.648. The van der Waals surface area contributed by atoms with Crippen LogP contribution >= 0.6 is 0 Å². The first-order valence-electron chi connectivity index (χ1n) is 7.99. The van der Waals surface area contributed by atoms with E-state index in [1.54, 1.807) is 18.3 Å². The van der Waals surface area contributed by atoms with Crippen LogP contribution in [0.15, 0.2) is 66.9 Å². The van der Waals surface area contributed by atoms with Crippen LogP contribution in [0.1, 0.15) is 0 Å². The summed E-state index contributed by atoms with van der Waals surface area (Å²) < 4.78 is 1.97. The molecule has 3 aromatic heterocycles. The topological polar surface area (TPSA) is 86.2 Å². The van der Waals surface area contributed by atoms with Crippen molar-refractivity contribution < 1.29 is 4.92 Å². The maximum atomic E-state index is 10.9. The summed E-state index contributed by atoms with van der Waals surface area (Å²) in [4.78, 5) is 24.3. The summed E-state index contributed by atoms with van der Waals surface area (Å²) >= 11 is 0. The van der Waals surface area contributed by atoms with Gasteiger partial charge in [-0.1, -0.05) is 12.1 Å². The van der Waals surface area contributed by atoms with Crippen molar-refractivity contribution in [3.63, 3.8) is 0 Å². The molecular weight excluding hydrogens is 330 g/mol. The molecule has 26 heavy (non-hydrogen) atoms. The average Bonchev–Trinajstić information content (AvgIpc) is 3.07. The Hall–Kier alpha value is -3.87. The lowest BCUT2D eigenvalue weighted by atomic mass is 10.2. The summed E-state index contributed by atoms with van der Waals surface area (Å²) in [6, 6.07) is 18.0. The van der Waals surface area contributed by atoms with Gasteiger partial charge < -0.3 is 0 Å². The molecule has 2 aromatic carbocycles. The quantitative estimate of drug-likeness (QED) is 0.358. The van der Waals surface area contributed by atoms with Gasteiger partial charge in [-0.2, -0.15) is 0 Å². The highest BCUT2D eigenvalue weighted by Gasteiger charge is 2.16. The molecule has 124 valence electrons. The Labute approximate surface area is 146 Å². The number of rotatable bonds is 2. The molecule has 0 aliphatic rings. The van der Waals surface area contributed by atoms with Crippen molar-refractivity contribution in [3.05, 3.63) is 77.0 Å². The molecule has 0 fully saturated rings. The van der Waals surface area contributed by atoms with Crippen molar-refractivity contribution in [2.24, 2.45) is 0 Å². The predicted octanol–water partition coefficient (Wildman–Crippen LogP) is 4.01. The zero-order valence-corrected chi connectivity index (χ0v) is 13.4. The van der Waals surface area contributed by atoms with Crippen LogP contribution in [0.2, 0.25) is 0 Å². The van der Waals surface area contributed by atoms with E-state index in [-0.39, 0.29) is 5.69 Å². The van der Waals surface area contributed by atoms with E-state index in [0.717, 1.165) is 27.6 Å². The molecular formula is C19H11N5O2. The normalized spacial score (nSPS) is 11.4. The van der Waals surface area contributed by atoms with E-state index in [9.17, 15) is 10.1 Å². The van der Waals surface area contributed by atoms with Gasteiger partial charge in [-0.15, -0.1) is 0 Å². The molecule has 0 radical (unpaired) electrons. The molecule has 0 unspecified atom stereocenters. The average molecular weight is 341 g/mol. The van der Waals surface area contributed by atoms with Gasteiger partial charge in [-0.3, -0.25) is 14.5 Å². The van der Waals surface area contributed by atoms with Crippen LogP contribution in [0.25, 0.3) is 39.1 Å². The van der Waals surface area contributed by atoms with E-state index in [1.165, 1.54) is 12.1 Å².